The number of alkyl halides is 3. The quantitative estimate of drug-likeness (QED) is 0.508. The van der Waals surface area contributed by atoms with Crippen LogP contribution in [-0.2, 0) is 11.0 Å². The summed E-state index contributed by atoms with van der Waals surface area (Å²) in [6, 6.07) is 22.9. The number of nitrogens with one attached hydrogen (secondary N) is 3. The summed E-state index contributed by atoms with van der Waals surface area (Å²) in [6.45, 7) is 0. The fourth-order valence-corrected chi connectivity index (χ4v) is 4.06. The molecule has 1 heterocycles. The lowest BCUT2D eigenvalue weighted by atomic mass is 10.1. The van der Waals surface area contributed by atoms with Gasteiger partial charge in [0, 0.05) is 5.69 Å². The van der Waals surface area contributed by atoms with E-state index in [0.29, 0.717) is 10.7 Å². The SMILES string of the molecule is O=C(Nc1cccc(C(F)(F)F)c1)C(SC1=NNNN1c1ccccc1)c1ccccc1. The lowest BCUT2D eigenvalue weighted by Crippen LogP contribution is -2.40. The number of amidine groups is 1. The zero-order valence-corrected chi connectivity index (χ0v) is 17.3. The van der Waals surface area contributed by atoms with Crippen molar-refractivity contribution in [1.82, 2.24) is 11.1 Å². The largest absolute Gasteiger partial charge is 0.416 e. The Balaban J connectivity index is 1.59. The molecule has 3 aromatic rings. The first-order valence-electron chi connectivity index (χ1n) is 9.55. The van der Waals surface area contributed by atoms with Crippen LogP contribution in [0.3, 0.4) is 0 Å². The minimum absolute atomic E-state index is 0.0656. The Morgan fingerprint density at radius 1 is 0.969 bits per heavy atom. The van der Waals surface area contributed by atoms with E-state index in [-0.39, 0.29) is 5.69 Å². The van der Waals surface area contributed by atoms with Crippen molar-refractivity contribution in [3.05, 3.63) is 96.1 Å². The van der Waals surface area contributed by atoms with Gasteiger partial charge in [-0.2, -0.15) is 13.2 Å². The average molecular weight is 457 g/mol. The molecule has 1 aliphatic rings. The highest BCUT2D eigenvalue weighted by molar-refractivity contribution is 8.14. The van der Waals surface area contributed by atoms with Gasteiger partial charge in [0.15, 0.2) is 0 Å². The number of para-hydroxylation sites is 1. The summed E-state index contributed by atoms with van der Waals surface area (Å²) in [4.78, 5) is 13.2. The first-order valence-corrected chi connectivity index (χ1v) is 10.4. The van der Waals surface area contributed by atoms with E-state index in [0.717, 1.165) is 29.6 Å². The smallest absolute Gasteiger partial charge is 0.325 e. The first kappa shape index (κ1) is 21.7. The highest BCUT2D eigenvalue weighted by Crippen LogP contribution is 2.35. The summed E-state index contributed by atoms with van der Waals surface area (Å²) < 4.78 is 39.2. The molecule has 0 aliphatic carbocycles. The monoisotopic (exact) mass is 457 g/mol. The standard InChI is InChI=1S/C22H18F3N5OS/c23-22(24,25)16-10-7-11-17(14-16)26-20(31)19(15-8-3-1-4-9-15)32-21-27-28-29-30(21)18-12-5-2-6-13-18/h1-14,19,28-29H,(H,26,31). The van der Waals surface area contributed by atoms with Crippen molar-refractivity contribution in [3.63, 3.8) is 0 Å². The van der Waals surface area contributed by atoms with E-state index < -0.39 is 22.9 Å². The Bertz CT molecular complexity index is 1110. The van der Waals surface area contributed by atoms with Gasteiger partial charge in [0.1, 0.15) is 5.25 Å². The third-order valence-electron chi connectivity index (χ3n) is 4.54. The van der Waals surface area contributed by atoms with E-state index in [1.807, 2.05) is 36.4 Å². The minimum atomic E-state index is -4.50. The maximum Gasteiger partial charge on any atom is 0.416 e. The predicted octanol–water partition coefficient (Wildman–Crippen LogP) is 4.92. The zero-order valence-electron chi connectivity index (χ0n) is 16.5. The van der Waals surface area contributed by atoms with Crippen LogP contribution in [0.25, 0.3) is 0 Å². The summed E-state index contributed by atoms with van der Waals surface area (Å²) in [5, 5.41) is 8.21. The van der Waals surface area contributed by atoms with Gasteiger partial charge in [-0.05, 0) is 35.9 Å². The molecule has 6 nitrogen and oxygen atoms in total. The molecular formula is C22H18F3N5OS. The molecule has 3 N–H and O–H groups in total. The maximum absolute atomic E-state index is 13.2. The molecule has 0 bridgehead atoms. The summed E-state index contributed by atoms with van der Waals surface area (Å²) in [5.74, 6) is -0.469. The number of halogens is 3. The van der Waals surface area contributed by atoms with Gasteiger partial charge < -0.3 is 5.32 Å². The Morgan fingerprint density at radius 3 is 2.34 bits per heavy atom. The van der Waals surface area contributed by atoms with Crippen molar-refractivity contribution in [2.24, 2.45) is 5.10 Å². The van der Waals surface area contributed by atoms with E-state index in [1.165, 1.54) is 12.1 Å². The third-order valence-corrected chi connectivity index (χ3v) is 5.75. The van der Waals surface area contributed by atoms with Crippen molar-refractivity contribution < 1.29 is 18.0 Å². The van der Waals surface area contributed by atoms with Crippen LogP contribution in [-0.4, -0.2) is 11.1 Å². The van der Waals surface area contributed by atoms with Gasteiger partial charge in [0.2, 0.25) is 11.1 Å². The third kappa shape index (κ3) is 5.04. The van der Waals surface area contributed by atoms with Gasteiger partial charge in [-0.15, -0.1) is 10.6 Å². The minimum Gasteiger partial charge on any atom is -0.325 e. The number of rotatable bonds is 5. The second-order valence-corrected chi connectivity index (χ2v) is 7.84. The predicted molar refractivity (Wildman–Crippen MR) is 119 cm³/mol. The van der Waals surface area contributed by atoms with Gasteiger partial charge in [-0.25, -0.2) is 10.5 Å². The molecule has 0 saturated carbocycles. The van der Waals surface area contributed by atoms with Crippen molar-refractivity contribution in [2.45, 2.75) is 11.4 Å². The number of hydrogen-bond acceptors (Lipinski definition) is 6. The number of amides is 1. The van der Waals surface area contributed by atoms with E-state index in [2.05, 4.69) is 21.5 Å². The molecule has 1 amide bonds. The molecule has 0 saturated heterocycles. The van der Waals surface area contributed by atoms with E-state index >= 15 is 0 Å². The molecule has 10 heteroatoms. The molecule has 1 aliphatic heterocycles. The van der Waals surface area contributed by atoms with Crippen molar-refractivity contribution >= 4 is 34.2 Å². The second kappa shape index (κ2) is 9.33. The summed E-state index contributed by atoms with van der Waals surface area (Å²) in [5.41, 5.74) is 6.29. The fraction of sp³-hybridized carbons (Fsp3) is 0.0909. The molecule has 0 spiro atoms. The number of carbonyl (C=O) groups is 1. The van der Waals surface area contributed by atoms with E-state index in [1.54, 1.807) is 29.3 Å². The molecular weight excluding hydrogens is 439 g/mol. The van der Waals surface area contributed by atoms with Gasteiger partial charge >= 0.3 is 6.18 Å². The number of hydrazone groups is 1. The highest BCUT2D eigenvalue weighted by Gasteiger charge is 2.32. The topological polar surface area (TPSA) is 68.8 Å². The van der Waals surface area contributed by atoms with Crippen molar-refractivity contribution in [3.8, 4) is 0 Å². The van der Waals surface area contributed by atoms with Crippen LogP contribution in [0.1, 0.15) is 16.4 Å². The van der Waals surface area contributed by atoms with Crippen LogP contribution in [0.15, 0.2) is 90.0 Å². The highest BCUT2D eigenvalue weighted by atomic mass is 32.2. The number of nitrogens with zero attached hydrogens (tertiary/aromatic N) is 2. The summed E-state index contributed by atoms with van der Waals surface area (Å²) >= 11 is 1.16. The molecule has 0 fully saturated rings. The normalized spacial score (nSPS) is 14.5. The Kier molecular flexibility index (Phi) is 6.33. The van der Waals surface area contributed by atoms with E-state index in [4.69, 9.17) is 0 Å². The molecule has 1 unspecified atom stereocenters. The van der Waals surface area contributed by atoms with Crippen LogP contribution >= 0.6 is 11.8 Å². The lowest BCUT2D eigenvalue weighted by molar-refractivity contribution is -0.137. The molecule has 1 atom stereocenters. The Hall–Kier alpha value is -3.50. The van der Waals surface area contributed by atoms with Gasteiger partial charge in [-0.1, -0.05) is 66.4 Å². The molecule has 32 heavy (non-hydrogen) atoms. The number of carbonyl (C=O) groups excluding carboxylic acids is 1. The Morgan fingerprint density at radius 2 is 1.66 bits per heavy atom. The van der Waals surface area contributed by atoms with Crippen LogP contribution in [0.2, 0.25) is 0 Å². The number of anilines is 2. The lowest BCUT2D eigenvalue weighted by Gasteiger charge is -2.22. The molecule has 3 aromatic carbocycles. The number of thioether (sulfide) groups is 1. The number of hydrazine groups is 2. The molecule has 164 valence electrons. The van der Waals surface area contributed by atoms with Crippen LogP contribution in [0.4, 0.5) is 24.5 Å². The number of hydrogen-bond donors (Lipinski definition) is 3. The molecule has 0 radical (unpaired) electrons. The maximum atomic E-state index is 13.2. The molecule has 4 rings (SSSR count). The van der Waals surface area contributed by atoms with Gasteiger partial charge in [0.05, 0.1) is 11.3 Å². The van der Waals surface area contributed by atoms with Crippen LogP contribution in [0.5, 0.6) is 0 Å². The van der Waals surface area contributed by atoms with Crippen molar-refractivity contribution in [1.29, 1.82) is 0 Å². The van der Waals surface area contributed by atoms with E-state index in [9.17, 15) is 18.0 Å². The van der Waals surface area contributed by atoms with Crippen LogP contribution in [0, 0.1) is 0 Å². The average Bonchev–Trinajstić information content (AvgIpc) is 3.26. The van der Waals surface area contributed by atoms with Gasteiger partial charge in [0.25, 0.3) is 0 Å². The summed E-state index contributed by atoms with van der Waals surface area (Å²) in [6.07, 6.45) is -4.50. The van der Waals surface area contributed by atoms with Gasteiger partial charge in [-0.3, -0.25) is 4.79 Å². The first-order chi connectivity index (χ1) is 15.4. The van der Waals surface area contributed by atoms with Crippen molar-refractivity contribution in [2.75, 3.05) is 10.3 Å². The fourth-order valence-electron chi connectivity index (χ4n) is 3.04. The summed E-state index contributed by atoms with van der Waals surface area (Å²) in [7, 11) is 0. The molecule has 0 aromatic heterocycles. The second-order valence-electron chi connectivity index (χ2n) is 6.77. The van der Waals surface area contributed by atoms with Crippen LogP contribution < -0.4 is 21.4 Å². The zero-order chi connectivity index (χ0) is 22.6. The number of benzene rings is 3. The Labute approximate surface area is 186 Å².